The van der Waals surface area contributed by atoms with Crippen LogP contribution in [0.3, 0.4) is 0 Å². The number of anilines is 1. The number of hydrogen-bond acceptors (Lipinski definition) is 5. The van der Waals surface area contributed by atoms with Crippen LogP contribution in [0.2, 0.25) is 0 Å². The summed E-state index contributed by atoms with van der Waals surface area (Å²) in [7, 11) is 1.62. The van der Waals surface area contributed by atoms with Crippen LogP contribution in [0.5, 0.6) is 0 Å². The number of likely N-dealkylation sites (N-methyl/N-ethyl adjacent to an activating group) is 1. The average molecular weight is 291 g/mol. The van der Waals surface area contributed by atoms with Gasteiger partial charge in [0.05, 0.1) is 29.7 Å². The Morgan fingerprint density at radius 3 is 2.62 bits per heavy atom. The minimum atomic E-state index is -0.0492. The molecule has 1 saturated heterocycles. The molecule has 0 saturated carbocycles. The summed E-state index contributed by atoms with van der Waals surface area (Å²) in [6.07, 6.45) is 1.55. The Morgan fingerprint density at radius 1 is 1.33 bits per heavy atom. The first-order valence-electron chi connectivity index (χ1n) is 6.95. The third-order valence-corrected chi connectivity index (χ3v) is 3.64. The van der Waals surface area contributed by atoms with Gasteiger partial charge in [-0.2, -0.15) is 0 Å². The number of rotatable bonds is 3. The fourth-order valence-electron chi connectivity index (χ4n) is 2.33. The number of nitrogens with one attached hydrogen (secondary N) is 1. The second kappa shape index (κ2) is 6.53. The van der Waals surface area contributed by atoms with Gasteiger partial charge in [-0.05, 0) is 13.0 Å². The number of carbonyl (C=O) groups excluding carboxylic acids is 2. The molecule has 0 bridgehead atoms. The van der Waals surface area contributed by atoms with Crippen LogP contribution in [-0.4, -0.2) is 66.4 Å². The van der Waals surface area contributed by atoms with Gasteiger partial charge in [-0.1, -0.05) is 0 Å². The summed E-state index contributed by atoms with van der Waals surface area (Å²) in [5, 5.41) is 2.60. The summed E-state index contributed by atoms with van der Waals surface area (Å²) >= 11 is 0. The van der Waals surface area contributed by atoms with Crippen molar-refractivity contribution in [1.82, 2.24) is 20.1 Å². The van der Waals surface area contributed by atoms with E-state index in [2.05, 4.69) is 10.3 Å². The van der Waals surface area contributed by atoms with Crippen molar-refractivity contribution in [3.8, 4) is 0 Å². The Hall–Kier alpha value is -2.15. The van der Waals surface area contributed by atoms with Gasteiger partial charge in [0.2, 0.25) is 5.91 Å². The number of nitrogens with zero attached hydrogens (tertiary/aromatic N) is 3. The van der Waals surface area contributed by atoms with Crippen molar-refractivity contribution in [2.24, 2.45) is 0 Å². The Bertz CT molecular complexity index is 538. The van der Waals surface area contributed by atoms with Crippen LogP contribution in [0.4, 0.5) is 5.69 Å². The largest absolute Gasteiger partial charge is 0.397 e. The van der Waals surface area contributed by atoms with Crippen molar-refractivity contribution >= 4 is 17.5 Å². The lowest BCUT2D eigenvalue weighted by molar-refractivity contribution is -0.122. The second-order valence-corrected chi connectivity index (χ2v) is 5.14. The molecule has 7 heteroatoms. The zero-order valence-electron chi connectivity index (χ0n) is 12.4. The fourth-order valence-corrected chi connectivity index (χ4v) is 2.33. The number of pyridine rings is 1. The second-order valence-electron chi connectivity index (χ2n) is 5.14. The highest BCUT2D eigenvalue weighted by Gasteiger charge is 2.24. The number of hydrogen-bond donors (Lipinski definition) is 2. The van der Waals surface area contributed by atoms with Gasteiger partial charge in [0.1, 0.15) is 0 Å². The molecule has 1 fully saturated rings. The molecule has 2 amide bonds. The Labute approximate surface area is 124 Å². The zero-order chi connectivity index (χ0) is 15.4. The van der Waals surface area contributed by atoms with Gasteiger partial charge >= 0.3 is 0 Å². The van der Waals surface area contributed by atoms with Crippen LogP contribution < -0.4 is 11.1 Å². The highest BCUT2D eigenvalue weighted by molar-refractivity contribution is 5.96. The summed E-state index contributed by atoms with van der Waals surface area (Å²) in [5.74, 6) is -0.0578. The summed E-state index contributed by atoms with van der Waals surface area (Å²) in [4.78, 5) is 31.8. The van der Waals surface area contributed by atoms with Gasteiger partial charge in [-0.25, -0.2) is 0 Å². The lowest BCUT2D eigenvalue weighted by atomic mass is 10.1. The molecule has 21 heavy (non-hydrogen) atoms. The number of carbonyl (C=O) groups is 2. The average Bonchev–Trinajstić information content (AvgIpc) is 2.49. The number of nitrogen functional groups attached to an aromatic ring is 1. The molecule has 7 nitrogen and oxygen atoms in total. The normalized spacial score (nSPS) is 15.8. The van der Waals surface area contributed by atoms with E-state index in [1.54, 1.807) is 31.1 Å². The minimum absolute atomic E-state index is 0.00865. The fraction of sp³-hybridized carbons (Fsp3) is 0.500. The predicted octanol–water partition coefficient (Wildman–Crippen LogP) is -0.524. The van der Waals surface area contributed by atoms with Gasteiger partial charge < -0.3 is 16.0 Å². The van der Waals surface area contributed by atoms with E-state index >= 15 is 0 Å². The molecule has 3 N–H and O–H groups in total. The maximum Gasteiger partial charge on any atom is 0.255 e. The van der Waals surface area contributed by atoms with Gasteiger partial charge in [0.25, 0.3) is 5.91 Å². The SMILES string of the molecule is CNC(=O)CN1CCN(C(=O)c2cc(N)cnc2C)CC1. The number of amides is 2. The quantitative estimate of drug-likeness (QED) is 0.781. The van der Waals surface area contributed by atoms with E-state index in [0.29, 0.717) is 49.7 Å². The Kier molecular flexibility index (Phi) is 4.74. The zero-order valence-corrected chi connectivity index (χ0v) is 12.4. The number of piperazine rings is 1. The molecule has 1 aromatic heterocycles. The summed E-state index contributed by atoms with van der Waals surface area (Å²) < 4.78 is 0. The van der Waals surface area contributed by atoms with E-state index in [4.69, 9.17) is 5.73 Å². The van der Waals surface area contributed by atoms with Crippen LogP contribution in [-0.2, 0) is 4.79 Å². The first kappa shape index (κ1) is 15.2. The molecular formula is C14H21N5O2. The van der Waals surface area contributed by atoms with Gasteiger partial charge in [0.15, 0.2) is 0 Å². The van der Waals surface area contributed by atoms with Crippen molar-refractivity contribution in [1.29, 1.82) is 0 Å². The molecule has 0 aliphatic carbocycles. The van der Waals surface area contributed by atoms with Crippen LogP contribution in [0.25, 0.3) is 0 Å². The minimum Gasteiger partial charge on any atom is -0.397 e. The predicted molar refractivity (Wildman–Crippen MR) is 79.8 cm³/mol. The molecule has 0 unspecified atom stereocenters. The standard InChI is InChI=1S/C14H21N5O2/c1-10-12(7-11(15)8-17-10)14(21)19-5-3-18(4-6-19)9-13(20)16-2/h7-8H,3-6,9,15H2,1-2H3,(H,16,20). The van der Waals surface area contributed by atoms with Gasteiger partial charge in [0, 0.05) is 33.2 Å². The highest BCUT2D eigenvalue weighted by atomic mass is 16.2. The van der Waals surface area contributed by atoms with E-state index in [9.17, 15) is 9.59 Å². The number of nitrogens with two attached hydrogens (primary N) is 1. The van der Waals surface area contributed by atoms with Crippen LogP contribution >= 0.6 is 0 Å². The van der Waals surface area contributed by atoms with E-state index < -0.39 is 0 Å². The lowest BCUT2D eigenvalue weighted by Gasteiger charge is -2.34. The molecule has 0 radical (unpaired) electrons. The van der Waals surface area contributed by atoms with Crippen molar-refractivity contribution in [3.05, 3.63) is 23.5 Å². The van der Waals surface area contributed by atoms with Gasteiger partial charge in [-0.15, -0.1) is 0 Å². The molecule has 2 heterocycles. The molecule has 0 atom stereocenters. The van der Waals surface area contributed by atoms with E-state index in [-0.39, 0.29) is 11.8 Å². The Morgan fingerprint density at radius 2 is 2.00 bits per heavy atom. The van der Waals surface area contributed by atoms with Crippen molar-refractivity contribution in [3.63, 3.8) is 0 Å². The monoisotopic (exact) mass is 291 g/mol. The van der Waals surface area contributed by atoms with E-state index in [1.165, 1.54) is 0 Å². The molecular weight excluding hydrogens is 270 g/mol. The smallest absolute Gasteiger partial charge is 0.255 e. The molecule has 0 spiro atoms. The lowest BCUT2D eigenvalue weighted by Crippen LogP contribution is -2.51. The third-order valence-electron chi connectivity index (χ3n) is 3.64. The first-order chi connectivity index (χ1) is 10.0. The van der Waals surface area contributed by atoms with Crippen LogP contribution in [0, 0.1) is 6.92 Å². The molecule has 1 aliphatic heterocycles. The summed E-state index contributed by atoms with van der Waals surface area (Å²) in [6, 6.07) is 1.67. The number of aryl methyl sites for hydroxylation is 1. The van der Waals surface area contributed by atoms with Crippen LogP contribution in [0.15, 0.2) is 12.3 Å². The first-order valence-corrected chi connectivity index (χ1v) is 6.95. The third kappa shape index (κ3) is 3.69. The van der Waals surface area contributed by atoms with Crippen molar-refractivity contribution in [2.75, 3.05) is 45.5 Å². The highest BCUT2D eigenvalue weighted by Crippen LogP contribution is 2.14. The molecule has 0 aromatic carbocycles. The maximum absolute atomic E-state index is 12.5. The van der Waals surface area contributed by atoms with Gasteiger partial charge in [-0.3, -0.25) is 19.5 Å². The van der Waals surface area contributed by atoms with E-state index in [0.717, 1.165) is 0 Å². The van der Waals surface area contributed by atoms with Crippen molar-refractivity contribution < 1.29 is 9.59 Å². The van der Waals surface area contributed by atoms with E-state index in [1.807, 2.05) is 4.90 Å². The number of aromatic nitrogens is 1. The molecule has 114 valence electrons. The van der Waals surface area contributed by atoms with Crippen molar-refractivity contribution in [2.45, 2.75) is 6.92 Å². The maximum atomic E-state index is 12.5. The molecule has 1 aromatic rings. The van der Waals surface area contributed by atoms with Crippen LogP contribution in [0.1, 0.15) is 16.1 Å². The topological polar surface area (TPSA) is 91.6 Å². The molecule has 1 aliphatic rings. The molecule has 2 rings (SSSR count). The Balaban J connectivity index is 1.97. The summed E-state index contributed by atoms with van der Waals surface area (Å²) in [6.45, 7) is 4.75. The summed E-state index contributed by atoms with van der Waals surface area (Å²) in [5.41, 5.74) is 7.42.